The monoisotopic (exact) mass is 310 g/mol. The maximum atomic E-state index is 7.56. The summed E-state index contributed by atoms with van der Waals surface area (Å²) in [6.45, 7) is 4.06. The summed E-state index contributed by atoms with van der Waals surface area (Å²) in [6, 6.07) is 0.499. The lowest BCUT2D eigenvalue weighted by Gasteiger charge is -2.22. The first-order valence-electron chi connectivity index (χ1n) is 7.76. The second kappa shape index (κ2) is 7.24. The van der Waals surface area contributed by atoms with E-state index in [9.17, 15) is 0 Å². The first-order chi connectivity index (χ1) is 10.0. The molecule has 0 aromatic carbocycles. The molecular weight excluding hydrogens is 284 g/mol. The summed E-state index contributed by atoms with van der Waals surface area (Å²) in [5.74, 6) is 1.29. The van der Waals surface area contributed by atoms with Crippen molar-refractivity contribution < 1.29 is 0 Å². The summed E-state index contributed by atoms with van der Waals surface area (Å²) < 4.78 is 2.01. The summed E-state index contributed by atoms with van der Waals surface area (Å²) in [5, 5.41) is 20.6. The SMILES string of the molecule is CC(C)(CCCCSc1nnnn1C1CCCC1)C(=N)N. The van der Waals surface area contributed by atoms with Gasteiger partial charge in [-0.15, -0.1) is 5.10 Å². The van der Waals surface area contributed by atoms with E-state index in [1.807, 2.05) is 18.5 Å². The minimum absolute atomic E-state index is 0.184. The number of unbranched alkanes of at least 4 members (excludes halogenated alkanes) is 1. The third kappa shape index (κ3) is 4.43. The molecule has 1 aliphatic rings. The van der Waals surface area contributed by atoms with Gasteiger partial charge in [0.25, 0.3) is 0 Å². The Morgan fingerprint density at radius 3 is 2.76 bits per heavy atom. The number of nitrogens with zero attached hydrogens (tertiary/aromatic N) is 4. The summed E-state index contributed by atoms with van der Waals surface area (Å²) in [6.07, 6.45) is 8.10. The second-order valence-corrected chi connectivity index (χ2v) is 7.51. The van der Waals surface area contributed by atoms with E-state index >= 15 is 0 Å². The number of hydrogen-bond acceptors (Lipinski definition) is 5. The van der Waals surface area contributed by atoms with Crippen LogP contribution in [-0.2, 0) is 0 Å². The molecule has 0 radical (unpaired) electrons. The van der Waals surface area contributed by atoms with E-state index in [-0.39, 0.29) is 11.3 Å². The Labute approximate surface area is 130 Å². The summed E-state index contributed by atoms with van der Waals surface area (Å²) in [7, 11) is 0. The molecule has 118 valence electrons. The Hall–Kier alpha value is -1.11. The van der Waals surface area contributed by atoms with Crippen LogP contribution in [-0.4, -0.2) is 31.8 Å². The average Bonchev–Trinajstić information content (AvgIpc) is 3.08. The lowest BCUT2D eigenvalue weighted by molar-refractivity contribution is 0.422. The van der Waals surface area contributed by atoms with Crippen molar-refractivity contribution in [2.75, 3.05) is 5.75 Å². The van der Waals surface area contributed by atoms with Gasteiger partial charge in [0.05, 0.1) is 11.9 Å². The number of amidine groups is 1. The minimum atomic E-state index is -0.184. The first-order valence-corrected chi connectivity index (χ1v) is 8.74. The Morgan fingerprint density at radius 1 is 1.38 bits per heavy atom. The van der Waals surface area contributed by atoms with E-state index in [0.717, 1.165) is 30.2 Å². The van der Waals surface area contributed by atoms with Crippen LogP contribution in [0.5, 0.6) is 0 Å². The number of aromatic nitrogens is 4. The molecule has 6 nitrogen and oxygen atoms in total. The predicted octanol–water partition coefficient (Wildman–Crippen LogP) is 3.01. The third-order valence-electron chi connectivity index (χ3n) is 4.29. The number of nitrogens with one attached hydrogen (secondary N) is 1. The van der Waals surface area contributed by atoms with E-state index in [1.165, 1.54) is 25.7 Å². The first kappa shape index (κ1) is 16.3. The zero-order chi connectivity index (χ0) is 15.3. The van der Waals surface area contributed by atoms with Crippen molar-refractivity contribution in [3.05, 3.63) is 0 Å². The van der Waals surface area contributed by atoms with Gasteiger partial charge in [0.2, 0.25) is 5.16 Å². The molecule has 1 fully saturated rings. The molecule has 1 aliphatic carbocycles. The highest BCUT2D eigenvalue weighted by atomic mass is 32.2. The molecule has 0 atom stereocenters. The Balaban J connectivity index is 1.72. The van der Waals surface area contributed by atoms with Crippen LogP contribution in [0.1, 0.15) is 64.8 Å². The molecule has 0 aliphatic heterocycles. The number of hydrogen-bond donors (Lipinski definition) is 2. The quantitative estimate of drug-likeness (QED) is 0.333. The molecule has 0 bridgehead atoms. The summed E-state index contributed by atoms with van der Waals surface area (Å²) in [4.78, 5) is 0. The van der Waals surface area contributed by atoms with Gasteiger partial charge in [-0.05, 0) is 36.1 Å². The van der Waals surface area contributed by atoms with Crippen LogP contribution in [0.3, 0.4) is 0 Å². The van der Waals surface area contributed by atoms with Crippen molar-refractivity contribution in [2.24, 2.45) is 11.1 Å². The fraction of sp³-hybridized carbons (Fsp3) is 0.857. The molecule has 1 saturated carbocycles. The fourth-order valence-corrected chi connectivity index (χ4v) is 3.57. The lowest BCUT2D eigenvalue weighted by Crippen LogP contribution is -2.30. The van der Waals surface area contributed by atoms with Crippen LogP contribution in [0.25, 0.3) is 0 Å². The smallest absolute Gasteiger partial charge is 0.209 e. The average molecular weight is 310 g/mol. The van der Waals surface area contributed by atoms with Gasteiger partial charge in [-0.2, -0.15) is 0 Å². The van der Waals surface area contributed by atoms with Crippen molar-refractivity contribution in [3.63, 3.8) is 0 Å². The molecule has 1 aromatic heterocycles. The molecule has 1 heterocycles. The standard InChI is InChI=1S/C14H26N6S/c1-14(2,12(15)16)9-5-6-10-21-13-17-18-19-20(13)11-7-3-4-8-11/h11H,3-10H2,1-2H3,(H3,15,16). The van der Waals surface area contributed by atoms with Crippen molar-refractivity contribution in [3.8, 4) is 0 Å². The molecule has 0 unspecified atom stereocenters. The van der Waals surface area contributed by atoms with E-state index in [4.69, 9.17) is 11.1 Å². The van der Waals surface area contributed by atoms with Crippen LogP contribution in [0, 0.1) is 10.8 Å². The molecule has 0 amide bonds. The highest BCUT2D eigenvalue weighted by Crippen LogP contribution is 2.31. The van der Waals surface area contributed by atoms with Crippen LogP contribution >= 0.6 is 11.8 Å². The van der Waals surface area contributed by atoms with E-state index in [0.29, 0.717) is 6.04 Å². The maximum Gasteiger partial charge on any atom is 0.209 e. The maximum absolute atomic E-state index is 7.56. The number of rotatable bonds is 8. The van der Waals surface area contributed by atoms with Gasteiger partial charge in [0.1, 0.15) is 0 Å². The van der Waals surface area contributed by atoms with Gasteiger partial charge < -0.3 is 5.73 Å². The van der Waals surface area contributed by atoms with Crippen molar-refractivity contribution in [1.82, 2.24) is 20.2 Å². The highest BCUT2D eigenvalue weighted by Gasteiger charge is 2.22. The fourth-order valence-electron chi connectivity index (χ4n) is 2.63. The summed E-state index contributed by atoms with van der Waals surface area (Å²) in [5.41, 5.74) is 5.42. The molecular formula is C14H26N6S. The van der Waals surface area contributed by atoms with Gasteiger partial charge in [0, 0.05) is 11.2 Å². The number of thioether (sulfide) groups is 1. The van der Waals surface area contributed by atoms with Gasteiger partial charge in [0.15, 0.2) is 0 Å². The molecule has 1 aromatic rings. The normalized spacial score (nSPS) is 16.5. The summed E-state index contributed by atoms with van der Waals surface area (Å²) >= 11 is 1.74. The van der Waals surface area contributed by atoms with Gasteiger partial charge in [-0.3, -0.25) is 5.41 Å². The van der Waals surface area contributed by atoms with E-state index in [1.54, 1.807) is 11.8 Å². The van der Waals surface area contributed by atoms with E-state index in [2.05, 4.69) is 15.5 Å². The van der Waals surface area contributed by atoms with Crippen LogP contribution < -0.4 is 5.73 Å². The predicted molar refractivity (Wildman–Crippen MR) is 85.6 cm³/mol. The van der Waals surface area contributed by atoms with Crippen LogP contribution in [0.4, 0.5) is 0 Å². The molecule has 0 spiro atoms. The van der Waals surface area contributed by atoms with Crippen LogP contribution in [0.15, 0.2) is 5.16 Å². The van der Waals surface area contributed by atoms with Crippen LogP contribution in [0.2, 0.25) is 0 Å². The lowest BCUT2D eigenvalue weighted by atomic mass is 9.86. The number of tetrazole rings is 1. The third-order valence-corrected chi connectivity index (χ3v) is 5.31. The largest absolute Gasteiger partial charge is 0.387 e. The molecule has 0 saturated heterocycles. The minimum Gasteiger partial charge on any atom is -0.387 e. The van der Waals surface area contributed by atoms with Gasteiger partial charge >= 0.3 is 0 Å². The molecule has 3 N–H and O–H groups in total. The Kier molecular flexibility index (Phi) is 5.61. The molecule has 7 heteroatoms. The zero-order valence-electron chi connectivity index (χ0n) is 13.0. The van der Waals surface area contributed by atoms with Gasteiger partial charge in [-0.1, -0.05) is 44.9 Å². The van der Waals surface area contributed by atoms with Gasteiger partial charge in [-0.25, -0.2) is 4.68 Å². The topological polar surface area (TPSA) is 93.5 Å². The highest BCUT2D eigenvalue weighted by molar-refractivity contribution is 7.99. The Bertz CT molecular complexity index is 464. The second-order valence-electron chi connectivity index (χ2n) is 6.45. The molecule has 2 rings (SSSR count). The zero-order valence-corrected chi connectivity index (χ0v) is 13.8. The molecule has 21 heavy (non-hydrogen) atoms. The van der Waals surface area contributed by atoms with Crippen molar-refractivity contribution in [1.29, 1.82) is 5.41 Å². The van der Waals surface area contributed by atoms with Crippen molar-refractivity contribution >= 4 is 17.6 Å². The van der Waals surface area contributed by atoms with E-state index < -0.39 is 0 Å². The number of nitrogens with two attached hydrogens (primary N) is 1. The van der Waals surface area contributed by atoms with Crippen molar-refractivity contribution in [2.45, 2.75) is 70.0 Å². The Morgan fingerprint density at radius 2 is 2.10 bits per heavy atom.